The standard InChI is InChI=1S/C49H31N5/c1-3-12-32(13-4-1)36-22-24-45-41(28-36)42-27-34-14-7-8-15-35(34)29-47(42)54(45)49-50-30-38(31-51-49)33-16-11-17-37(26-33)43-23-25-46-48(52-43)40-20-9-10-21-44(40)53(46)39-18-5-2-6-19-39/h1-31H. The third-order valence-corrected chi connectivity index (χ3v) is 10.6. The predicted molar refractivity (Wildman–Crippen MR) is 222 cm³/mol. The Kier molecular flexibility index (Phi) is 6.79. The van der Waals surface area contributed by atoms with Crippen molar-refractivity contribution in [2.75, 3.05) is 0 Å². The Bertz CT molecular complexity index is 3200. The van der Waals surface area contributed by atoms with E-state index in [1.54, 1.807) is 0 Å². The zero-order valence-corrected chi connectivity index (χ0v) is 29.1. The first kappa shape index (κ1) is 30.3. The van der Waals surface area contributed by atoms with Crippen molar-refractivity contribution in [3.63, 3.8) is 0 Å². The predicted octanol–water partition coefficient (Wildman–Crippen LogP) is 12.2. The lowest BCUT2D eigenvalue weighted by molar-refractivity contribution is 0.990. The fourth-order valence-corrected chi connectivity index (χ4v) is 8.02. The molecule has 5 heteroatoms. The molecule has 0 bridgehead atoms. The van der Waals surface area contributed by atoms with Crippen LogP contribution in [0.5, 0.6) is 0 Å². The molecule has 0 aliphatic rings. The topological polar surface area (TPSA) is 48.5 Å². The van der Waals surface area contributed by atoms with Crippen LogP contribution in [0.2, 0.25) is 0 Å². The first-order valence-electron chi connectivity index (χ1n) is 18.2. The minimum atomic E-state index is 0.638. The van der Waals surface area contributed by atoms with Crippen molar-refractivity contribution < 1.29 is 0 Å². The van der Waals surface area contributed by atoms with Crippen molar-refractivity contribution in [1.82, 2.24) is 24.1 Å². The van der Waals surface area contributed by atoms with Crippen LogP contribution < -0.4 is 0 Å². The van der Waals surface area contributed by atoms with Crippen LogP contribution in [0.1, 0.15) is 0 Å². The molecule has 7 aromatic carbocycles. The van der Waals surface area contributed by atoms with Gasteiger partial charge in [-0.05, 0) is 88.1 Å². The summed E-state index contributed by atoms with van der Waals surface area (Å²) in [5.41, 5.74) is 12.8. The molecular formula is C49H31N5. The molecule has 252 valence electrons. The second-order valence-corrected chi connectivity index (χ2v) is 13.8. The zero-order chi connectivity index (χ0) is 35.6. The Morgan fingerprint density at radius 3 is 1.81 bits per heavy atom. The van der Waals surface area contributed by atoms with E-state index in [9.17, 15) is 0 Å². The number of hydrogen-bond acceptors (Lipinski definition) is 3. The van der Waals surface area contributed by atoms with Crippen LogP contribution in [0.3, 0.4) is 0 Å². The van der Waals surface area contributed by atoms with Gasteiger partial charge in [-0.1, -0.05) is 115 Å². The van der Waals surface area contributed by atoms with Gasteiger partial charge in [0, 0.05) is 45.4 Å². The maximum atomic E-state index is 5.25. The van der Waals surface area contributed by atoms with Crippen molar-refractivity contribution in [2.45, 2.75) is 0 Å². The Morgan fingerprint density at radius 1 is 0.352 bits per heavy atom. The molecule has 0 amide bonds. The fraction of sp³-hybridized carbons (Fsp3) is 0. The largest absolute Gasteiger partial charge is 0.308 e. The molecule has 0 fully saturated rings. The highest BCUT2D eigenvalue weighted by molar-refractivity contribution is 6.14. The quantitative estimate of drug-likeness (QED) is 0.181. The summed E-state index contributed by atoms with van der Waals surface area (Å²) < 4.78 is 4.48. The molecule has 0 saturated heterocycles. The van der Waals surface area contributed by atoms with Crippen molar-refractivity contribution in [2.24, 2.45) is 0 Å². The first-order valence-corrected chi connectivity index (χ1v) is 18.2. The SMILES string of the molecule is c1ccc(-c2ccc3c(c2)c2cc4ccccc4cc2n3-c2ncc(-c3cccc(-c4ccc5c(n4)c4ccccc4n5-c4ccccc4)c3)cn2)cc1. The highest BCUT2D eigenvalue weighted by Gasteiger charge is 2.18. The van der Waals surface area contributed by atoms with E-state index in [1.807, 2.05) is 18.5 Å². The molecule has 0 N–H and O–H groups in total. The third kappa shape index (κ3) is 4.83. The van der Waals surface area contributed by atoms with E-state index in [0.29, 0.717) is 5.95 Å². The molecule has 11 aromatic rings. The molecule has 5 nitrogen and oxygen atoms in total. The summed E-state index contributed by atoms with van der Waals surface area (Å²) in [6, 6.07) is 62.1. The van der Waals surface area contributed by atoms with E-state index in [1.165, 1.54) is 32.7 Å². The average Bonchev–Trinajstić information content (AvgIpc) is 3.75. The van der Waals surface area contributed by atoms with E-state index in [0.717, 1.165) is 61.0 Å². The lowest BCUT2D eigenvalue weighted by atomic mass is 10.0. The molecular weight excluding hydrogens is 659 g/mol. The summed E-state index contributed by atoms with van der Waals surface area (Å²) in [6.07, 6.45) is 3.87. The van der Waals surface area contributed by atoms with E-state index in [2.05, 4.69) is 179 Å². The van der Waals surface area contributed by atoms with Crippen LogP contribution in [0.4, 0.5) is 0 Å². The number of pyridine rings is 1. The van der Waals surface area contributed by atoms with E-state index in [-0.39, 0.29) is 0 Å². The molecule has 0 saturated carbocycles. The van der Waals surface area contributed by atoms with Gasteiger partial charge in [-0.25, -0.2) is 15.0 Å². The van der Waals surface area contributed by atoms with Crippen molar-refractivity contribution in [3.8, 4) is 45.1 Å². The highest BCUT2D eigenvalue weighted by Crippen LogP contribution is 2.37. The van der Waals surface area contributed by atoms with Gasteiger partial charge in [-0.2, -0.15) is 0 Å². The molecule has 11 rings (SSSR count). The molecule has 0 spiro atoms. The number of para-hydroxylation sites is 2. The summed E-state index contributed by atoms with van der Waals surface area (Å²) >= 11 is 0. The van der Waals surface area contributed by atoms with Crippen LogP contribution in [-0.4, -0.2) is 24.1 Å². The third-order valence-electron chi connectivity index (χ3n) is 10.6. The first-order chi connectivity index (χ1) is 26.8. The Balaban J connectivity index is 0.999. The lowest BCUT2D eigenvalue weighted by Crippen LogP contribution is -2.01. The molecule has 0 aliphatic heterocycles. The van der Waals surface area contributed by atoms with Crippen LogP contribution in [0, 0.1) is 0 Å². The van der Waals surface area contributed by atoms with Gasteiger partial charge in [0.05, 0.1) is 33.3 Å². The molecule has 4 heterocycles. The molecule has 0 unspecified atom stereocenters. The Labute approximate surface area is 311 Å². The van der Waals surface area contributed by atoms with Crippen LogP contribution in [0.15, 0.2) is 188 Å². The van der Waals surface area contributed by atoms with E-state index in [4.69, 9.17) is 15.0 Å². The van der Waals surface area contributed by atoms with Crippen molar-refractivity contribution >= 4 is 54.5 Å². The fourth-order valence-electron chi connectivity index (χ4n) is 8.02. The van der Waals surface area contributed by atoms with Gasteiger partial charge in [-0.3, -0.25) is 4.57 Å². The van der Waals surface area contributed by atoms with Crippen LogP contribution in [-0.2, 0) is 0 Å². The molecule has 0 radical (unpaired) electrons. The van der Waals surface area contributed by atoms with Crippen LogP contribution >= 0.6 is 0 Å². The Hall–Kier alpha value is -7.37. The summed E-state index contributed by atoms with van der Waals surface area (Å²) in [4.78, 5) is 15.3. The molecule has 4 aromatic heterocycles. The summed E-state index contributed by atoms with van der Waals surface area (Å²) in [7, 11) is 0. The molecule has 0 aliphatic carbocycles. The minimum absolute atomic E-state index is 0.638. The van der Waals surface area contributed by atoms with E-state index < -0.39 is 0 Å². The van der Waals surface area contributed by atoms with Gasteiger partial charge in [0.15, 0.2) is 0 Å². The number of benzene rings is 7. The number of aromatic nitrogens is 5. The van der Waals surface area contributed by atoms with Gasteiger partial charge in [0.2, 0.25) is 5.95 Å². The van der Waals surface area contributed by atoms with Crippen molar-refractivity contribution in [3.05, 3.63) is 188 Å². The maximum Gasteiger partial charge on any atom is 0.234 e. The van der Waals surface area contributed by atoms with Gasteiger partial charge >= 0.3 is 0 Å². The van der Waals surface area contributed by atoms with Gasteiger partial charge < -0.3 is 4.57 Å². The molecule has 0 atom stereocenters. The summed E-state index contributed by atoms with van der Waals surface area (Å²) in [6.45, 7) is 0. The smallest absolute Gasteiger partial charge is 0.234 e. The van der Waals surface area contributed by atoms with Crippen LogP contribution in [0.25, 0.3) is 99.7 Å². The number of hydrogen-bond donors (Lipinski definition) is 0. The lowest BCUT2D eigenvalue weighted by Gasteiger charge is -2.09. The van der Waals surface area contributed by atoms with E-state index >= 15 is 0 Å². The van der Waals surface area contributed by atoms with Gasteiger partial charge in [0.25, 0.3) is 0 Å². The second-order valence-electron chi connectivity index (χ2n) is 13.8. The number of fused-ring (bicyclic) bond motifs is 7. The average molecular weight is 690 g/mol. The van der Waals surface area contributed by atoms with Gasteiger partial charge in [-0.15, -0.1) is 0 Å². The highest BCUT2D eigenvalue weighted by atomic mass is 15.1. The molecule has 54 heavy (non-hydrogen) atoms. The maximum absolute atomic E-state index is 5.25. The van der Waals surface area contributed by atoms with Gasteiger partial charge in [0.1, 0.15) is 0 Å². The second kappa shape index (κ2) is 12.1. The van der Waals surface area contributed by atoms with Crippen molar-refractivity contribution in [1.29, 1.82) is 0 Å². The zero-order valence-electron chi connectivity index (χ0n) is 29.1. The normalized spacial score (nSPS) is 11.7. The summed E-state index contributed by atoms with van der Waals surface area (Å²) in [5.74, 6) is 0.638. The Morgan fingerprint density at radius 2 is 0.981 bits per heavy atom. The summed E-state index contributed by atoms with van der Waals surface area (Å²) in [5, 5.41) is 5.88. The minimum Gasteiger partial charge on any atom is -0.308 e. The number of nitrogens with zero attached hydrogens (tertiary/aromatic N) is 5. The number of rotatable bonds is 5. The monoisotopic (exact) mass is 689 g/mol.